The quantitative estimate of drug-likeness (QED) is 0.381. The topological polar surface area (TPSA) is 66.4 Å². The number of rotatable bonds is 3. The highest BCUT2D eigenvalue weighted by atomic mass is 16.5. The molecular formula is C4H6NO3. The van der Waals surface area contributed by atoms with Crippen LogP contribution in [0.3, 0.4) is 0 Å². The van der Waals surface area contributed by atoms with E-state index in [4.69, 9.17) is 5.21 Å². The zero-order chi connectivity index (χ0) is 6.41. The third-order valence-electron chi connectivity index (χ3n) is 0.579. The molecule has 0 saturated heterocycles. The number of hydrogen-bond donors (Lipinski definition) is 2. The highest BCUT2D eigenvalue weighted by molar-refractivity contribution is 5.76. The Labute approximate surface area is 46.5 Å². The summed E-state index contributed by atoms with van der Waals surface area (Å²) in [5.41, 5.74) is 1.38. The van der Waals surface area contributed by atoms with Crippen molar-refractivity contribution < 1.29 is 14.8 Å². The molecule has 0 fully saturated rings. The normalized spacial score (nSPS) is 8.12. The number of hydrogen-bond acceptors (Lipinski definition) is 3. The van der Waals surface area contributed by atoms with Gasteiger partial charge in [-0.25, -0.2) is 5.48 Å². The molecule has 0 aliphatic heterocycles. The Kier molecular flexibility index (Phi) is 3.78. The maximum Gasteiger partial charge on any atom is 0.243 e. The number of hydroxylamine groups is 1. The predicted molar refractivity (Wildman–Crippen MR) is 24.9 cm³/mol. The van der Waals surface area contributed by atoms with Gasteiger partial charge in [-0.3, -0.25) is 14.8 Å². The van der Waals surface area contributed by atoms with Gasteiger partial charge in [-0.2, -0.15) is 0 Å². The molecule has 0 spiro atoms. The summed E-state index contributed by atoms with van der Waals surface area (Å²) in [5.74, 6) is -0.562. The molecule has 0 unspecified atom stereocenters. The average Bonchev–Trinajstić information content (AvgIpc) is 1.83. The number of amides is 1. The maximum atomic E-state index is 10.0. The van der Waals surface area contributed by atoms with Crippen LogP contribution in [0, 0.1) is 0 Å². The minimum Gasteiger partial charge on any atom is -0.291 e. The van der Waals surface area contributed by atoms with Crippen LogP contribution >= 0.6 is 0 Å². The van der Waals surface area contributed by atoms with Crippen LogP contribution < -0.4 is 5.48 Å². The van der Waals surface area contributed by atoms with E-state index in [9.17, 15) is 9.59 Å². The second-order valence-electron chi connectivity index (χ2n) is 1.18. The van der Waals surface area contributed by atoms with Gasteiger partial charge in [-0.15, -0.1) is 0 Å². The Morgan fingerprint density at radius 3 is 2.75 bits per heavy atom. The smallest absolute Gasteiger partial charge is 0.243 e. The van der Waals surface area contributed by atoms with Crippen molar-refractivity contribution in [2.45, 2.75) is 12.8 Å². The lowest BCUT2D eigenvalue weighted by atomic mass is 10.3. The minimum absolute atomic E-state index is 0. The molecular weight excluding hydrogens is 110 g/mol. The van der Waals surface area contributed by atoms with E-state index in [1.807, 2.05) is 0 Å². The van der Waals surface area contributed by atoms with Crippen LogP contribution in [0.2, 0.25) is 0 Å². The van der Waals surface area contributed by atoms with Gasteiger partial charge >= 0.3 is 0 Å². The van der Waals surface area contributed by atoms with Crippen LogP contribution in [-0.2, 0) is 9.59 Å². The summed E-state index contributed by atoms with van der Waals surface area (Å²) < 4.78 is 0. The van der Waals surface area contributed by atoms with Crippen LogP contribution in [0.4, 0.5) is 0 Å². The van der Waals surface area contributed by atoms with Crippen LogP contribution in [0.1, 0.15) is 12.8 Å². The van der Waals surface area contributed by atoms with E-state index in [0.717, 1.165) is 0 Å². The van der Waals surface area contributed by atoms with E-state index >= 15 is 0 Å². The van der Waals surface area contributed by atoms with E-state index in [-0.39, 0.29) is 12.8 Å². The summed E-state index contributed by atoms with van der Waals surface area (Å²) in [6.07, 6.45) is 1.55. The Hall–Kier alpha value is -0.900. The third kappa shape index (κ3) is 3.30. The Morgan fingerprint density at radius 2 is 2.38 bits per heavy atom. The lowest BCUT2D eigenvalue weighted by Crippen LogP contribution is -2.17. The van der Waals surface area contributed by atoms with Crippen LogP contribution in [0.15, 0.2) is 0 Å². The monoisotopic (exact) mass is 116 g/mol. The molecule has 0 saturated carbocycles. The van der Waals surface area contributed by atoms with Gasteiger partial charge in [0.2, 0.25) is 5.91 Å². The van der Waals surface area contributed by atoms with Gasteiger partial charge in [0.25, 0.3) is 0 Å². The van der Waals surface area contributed by atoms with Crippen molar-refractivity contribution in [3.05, 3.63) is 0 Å². The molecule has 0 aromatic rings. The number of carbonyl (C=O) groups is 1. The molecule has 0 bridgehead atoms. The lowest BCUT2D eigenvalue weighted by molar-refractivity contribution is -0.129. The molecule has 0 atom stereocenters. The fourth-order valence-electron chi connectivity index (χ4n) is 0.220. The molecule has 0 aromatic carbocycles. The van der Waals surface area contributed by atoms with E-state index in [1.165, 1.54) is 11.8 Å². The summed E-state index contributed by atoms with van der Waals surface area (Å²) >= 11 is 0. The molecule has 0 aromatic heterocycles. The van der Waals surface area contributed by atoms with Crippen molar-refractivity contribution in [1.29, 1.82) is 0 Å². The van der Waals surface area contributed by atoms with Crippen LogP contribution in [-0.4, -0.2) is 17.4 Å². The van der Waals surface area contributed by atoms with Crippen LogP contribution in [0.25, 0.3) is 0 Å². The largest absolute Gasteiger partial charge is 0.291 e. The molecule has 0 heterocycles. The Morgan fingerprint density at radius 1 is 1.75 bits per heavy atom. The van der Waals surface area contributed by atoms with Gasteiger partial charge in [0.15, 0.2) is 6.29 Å². The molecule has 1 amide bonds. The Bertz CT molecular complexity index is 91.3. The maximum absolute atomic E-state index is 10.0. The van der Waals surface area contributed by atoms with E-state index in [1.54, 1.807) is 0 Å². The first-order valence-corrected chi connectivity index (χ1v) is 2.09. The number of carbonyl (C=O) groups excluding carboxylic acids is 2. The molecule has 2 N–H and O–H groups in total. The summed E-state index contributed by atoms with van der Waals surface area (Å²) in [4.78, 5) is 19.5. The number of nitrogens with one attached hydrogen (secondary N) is 1. The first kappa shape index (κ1) is 7.10. The predicted octanol–water partition coefficient (Wildman–Crippen LogP) is -0.618. The minimum atomic E-state index is -0.562. The molecule has 0 rings (SSSR count). The molecule has 45 valence electrons. The summed E-state index contributed by atoms with van der Waals surface area (Å²) in [5, 5.41) is 7.83. The molecule has 8 heavy (non-hydrogen) atoms. The first-order chi connectivity index (χ1) is 3.81. The van der Waals surface area contributed by atoms with Gasteiger partial charge in [-0.05, 0) is 0 Å². The first-order valence-electron chi connectivity index (χ1n) is 2.09. The van der Waals surface area contributed by atoms with Gasteiger partial charge < -0.3 is 0 Å². The summed E-state index contributed by atoms with van der Waals surface area (Å²) in [7, 11) is 0. The van der Waals surface area contributed by atoms with Gasteiger partial charge in [0, 0.05) is 12.8 Å². The van der Waals surface area contributed by atoms with Crippen molar-refractivity contribution in [2.24, 2.45) is 0 Å². The van der Waals surface area contributed by atoms with Crippen molar-refractivity contribution in [3.8, 4) is 0 Å². The van der Waals surface area contributed by atoms with Gasteiger partial charge in [0.05, 0.1) is 0 Å². The van der Waals surface area contributed by atoms with Gasteiger partial charge in [0.1, 0.15) is 0 Å². The van der Waals surface area contributed by atoms with E-state index < -0.39 is 5.91 Å². The lowest BCUT2D eigenvalue weighted by Gasteiger charge is -1.89. The Balaban J connectivity index is 3.11. The molecule has 1 radical (unpaired) electrons. The second-order valence-corrected chi connectivity index (χ2v) is 1.18. The zero-order valence-electron chi connectivity index (χ0n) is 4.18. The fraction of sp³-hybridized carbons (Fsp3) is 0.500. The SMILES string of the molecule is O=[C]CCC(=O)NO. The van der Waals surface area contributed by atoms with Crippen molar-refractivity contribution in [3.63, 3.8) is 0 Å². The van der Waals surface area contributed by atoms with Crippen molar-refractivity contribution in [1.82, 2.24) is 5.48 Å². The summed E-state index contributed by atoms with van der Waals surface area (Å²) in [6, 6.07) is 0. The molecule has 0 aliphatic carbocycles. The van der Waals surface area contributed by atoms with E-state index in [2.05, 4.69) is 0 Å². The van der Waals surface area contributed by atoms with Gasteiger partial charge in [-0.1, -0.05) is 0 Å². The average molecular weight is 116 g/mol. The standard InChI is InChI=1S/C4H6NO3/c6-3-1-2-4(7)5-8/h8H,1-2H2,(H,5,7). The van der Waals surface area contributed by atoms with Crippen LogP contribution in [0.5, 0.6) is 0 Å². The highest BCUT2D eigenvalue weighted by Crippen LogP contribution is 1.80. The van der Waals surface area contributed by atoms with E-state index in [0.29, 0.717) is 0 Å². The third-order valence-corrected chi connectivity index (χ3v) is 0.579. The highest BCUT2D eigenvalue weighted by Gasteiger charge is 1.95. The van der Waals surface area contributed by atoms with Crippen molar-refractivity contribution >= 4 is 12.2 Å². The zero-order valence-corrected chi connectivity index (χ0v) is 4.18. The molecule has 0 aliphatic rings. The van der Waals surface area contributed by atoms with Crippen molar-refractivity contribution in [2.75, 3.05) is 0 Å². The molecule has 4 nitrogen and oxygen atoms in total. The summed E-state index contributed by atoms with van der Waals surface area (Å²) in [6.45, 7) is 0. The fourth-order valence-corrected chi connectivity index (χ4v) is 0.220. The molecule has 4 heteroatoms. The second kappa shape index (κ2) is 4.26.